The van der Waals surface area contributed by atoms with Gasteiger partial charge in [0.25, 0.3) is 0 Å². The molecular formula is C5H9N4O. The molecule has 1 radical (unpaired) electrons. The second kappa shape index (κ2) is 3.94. The Balaban J connectivity index is 2.15. The van der Waals surface area contributed by atoms with Gasteiger partial charge in [-0.25, -0.2) is 9.79 Å². The van der Waals surface area contributed by atoms with Crippen molar-refractivity contribution in [1.82, 2.24) is 20.2 Å². The Bertz CT molecular complexity index is 162. The third kappa shape index (κ3) is 2.10. The first kappa shape index (κ1) is 7.14. The van der Waals surface area contributed by atoms with Gasteiger partial charge in [0.2, 0.25) is 0 Å². The van der Waals surface area contributed by atoms with Crippen molar-refractivity contribution >= 4 is 0 Å². The van der Waals surface area contributed by atoms with Crippen LogP contribution in [0.25, 0.3) is 0 Å². The predicted octanol–water partition coefficient (Wildman–Crippen LogP) is -0.116. The van der Waals surface area contributed by atoms with Crippen molar-refractivity contribution in [1.29, 1.82) is 0 Å². The van der Waals surface area contributed by atoms with Crippen molar-refractivity contribution in [3.8, 4) is 0 Å². The Morgan fingerprint density at radius 2 is 2.30 bits per heavy atom. The Kier molecular flexibility index (Phi) is 2.82. The monoisotopic (exact) mass is 141 g/mol. The fraction of sp³-hybridized carbons (Fsp3) is 0.800. The summed E-state index contributed by atoms with van der Waals surface area (Å²) in [5.74, 6) is 0. The van der Waals surface area contributed by atoms with Gasteiger partial charge in [0.1, 0.15) is 6.33 Å². The molecule has 0 unspecified atom stereocenters. The average Bonchev–Trinajstić information content (AvgIpc) is 2.41. The van der Waals surface area contributed by atoms with E-state index < -0.39 is 0 Å². The van der Waals surface area contributed by atoms with Crippen LogP contribution in [-0.4, -0.2) is 26.8 Å². The summed E-state index contributed by atoms with van der Waals surface area (Å²) in [6, 6.07) is 0. The van der Waals surface area contributed by atoms with Crippen molar-refractivity contribution in [2.24, 2.45) is 0 Å². The Hall–Kier alpha value is -0.970. The van der Waals surface area contributed by atoms with Crippen LogP contribution in [0.5, 0.6) is 0 Å². The number of aromatic nitrogens is 4. The van der Waals surface area contributed by atoms with E-state index in [1.54, 1.807) is 11.0 Å². The molecule has 0 saturated carbocycles. The minimum absolute atomic E-state index is 0.0118. The molecule has 0 atom stereocenters. The maximum absolute atomic E-state index is 10.00. The van der Waals surface area contributed by atoms with Gasteiger partial charge < -0.3 is 0 Å². The average molecular weight is 141 g/mol. The maximum atomic E-state index is 10.00. The molecular weight excluding hydrogens is 132 g/mol. The molecule has 5 nitrogen and oxygen atoms in total. The van der Waals surface area contributed by atoms with E-state index in [1.807, 2.05) is 0 Å². The third-order valence-electron chi connectivity index (χ3n) is 1.17. The molecule has 0 bridgehead atoms. The van der Waals surface area contributed by atoms with Crippen molar-refractivity contribution < 1.29 is 5.11 Å². The van der Waals surface area contributed by atoms with E-state index in [-0.39, 0.29) is 6.61 Å². The van der Waals surface area contributed by atoms with Gasteiger partial charge in [-0.1, -0.05) is 0 Å². The van der Waals surface area contributed by atoms with Crippen molar-refractivity contribution in [2.45, 2.75) is 19.4 Å². The number of hydrogen-bond donors (Lipinski definition) is 0. The fourth-order valence-electron chi connectivity index (χ4n) is 0.659. The summed E-state index contributed by atoms with van der Waals surface area (Å²) in [5.41, 5.74) is 0. The van der Waals surface area contributed by atoms with Gasteiger partial charge in [-0.15, -0.1) is 5.10 Å². The zero-order valence-corrected chi connectivity index (χ0v) is 5.60. The molecule has 0 aliphatic heterocycles. The fourth-order valence-corrected chi connectivity index (χ4v) is 0.659. The van der Waals surface area contributed by atoms with Crippen LogP contribution >= 0.6 is 0 Å². The predicted molar refractivity (Wildman–Crippen MR) is 32.6 cm³/mol. The molecule has 0 amide bonds. The highest BCUT2D eigenvalue weighted by Gasteiger charge is 1.90. The van der Waals surface area contributed by atoms with Gasteiger partial charge in [-0.05, 0) is 23.3 Å². The van der Waals surface area contributed by atoms with Crippen molar-refractivity contribution in [3.05, 3.63) is 6.33 Å². The third-order valence-corrected chi connectivity index (χ3v) is 1.17. The van der Waals surface area contributed by atoms with E-state index in [9.17, 15) is 5.11 Å². The first-order valence-corrected chi connectivity index (χ1v) is 3.22. The number of hydrogen-bond acceptors (Lipinski definition) is 3. The van der Waals surface area contributed by atoms with Gasteiger partial charge in [-0.2, -0.15) is 0 Å². The van der Waals surface area contributed by atoms with Crippen LogP contribution < -0.4 is 0 Å². The van der Waals surface area contributed by atoms with Crippen LogP contribution in [0.4, 0.5) is 0 Å². The van der Waals surface area contributed by atoms with Crippen LogP contribution in [0, 0.1) is 0 Å². The summed E-state index contributed by atoms with van der Waals surface area (Å²) in [4.78, 5) is 0. The minimum Gasteiger partial charge on any atom is -0.237 e. The lowest BCUT2D eigenvalue weighted by Crippen LogP contribution is -1.99. The van der Waals surface area contributed by atoms with E-state index in [1.165, 1.54) is 0 Å². The van der Waals surface area contributed by atoms with Crippen LogP contribution in [-0.2, 0) is 11.7 Å². The first-order valence-electron chi connectivity index (χ1n) is 3.22. The molecule has 10 heavy (non-hydrogen) atoms. The van der Waals surface area contributed by atoms with Gasteiger partial charge in [-0.3, -0.25) is 0 Å². The van der Waals surface area contributed by atoms with E-state index in [0.717, 1.165) is 13.0 Å². The second-order valence-corrected chi connectivity index (χ2v) is 1.98. The van der Waals surface area contributed by atoms with Gasteiger partial charge in [0, 0.05) is 6.54 Å². The molecule has 0 saturated heterocycles. The summed E-state index contributed by atoms with van der Waals surface area (Å²) in [7, 11) is 0. The van der Waals surface area contributed by atoms with Gasteiger partial charge >= 0.3 is 0 Å². The first-order chi connectivity index (χ1) is 4.93. The molecule has 0 aliphatic carbocycles. The summed E-state index contributed by atoms with van der Waals surface area (Å²) in [5, 5.41) is 20.5. The Labute approximate surface area is 58.7 Å². The zero-order chi connectivity index (χ0) is 7.23. The van der Waals surface area contributed by atoms with E-state index in [4.69, 9.17) is 0 Å². The summed E-state index contributed by atoms with van der Waals surface area (Å²) < 4.78 is 1.62. The zero-order valence-electron chi connectivity index (χ0n) is 5.60. The van der Waals surface area contributed by atoms with Crippen LogP contribution in [0.2, 0.25) is 0 Å². The minimum atomic E-state index is -0.0118. The van der Waals surface area contributed by atoms with Gasteiger partial charge in [0.05, 0.1) is 6.61 Å². The highest BCUT2D eigenvalue weighted by Crippen LogP contribution is 1.89. The normalized spacial score (nSPS) is 10.1. The number of unbranched alkanes of at least 4 members (excludes halogenated alkanes) is 1. The van der Waals surface area contributed by atoms with E-state index >= 15 is 0 Å². The number of tetrazole rings is 1. The lowest BCUT2D eigenvalue weighted by molar-refractivity contribution is 0.184. The highest BCUT2D eigenvalue weighted by atomic mass is 16.2. The standard InChI is InChI=1S/C5H9N4O/c10-4-2-1-3-9-5-6-7-8-9/h5H,1-4H2. The molecule has 0 fully saturated rings. The van der Waals surface area contributed by atoms with Crippen LogP contribution in [0.3, 0.4) is 0 Å². The molecule has 5 heteroatoms. The summed E-state index contributed by atoms with van der Waals surface area (Å²) >= 11 is 0. The largest absolute Gasteiger partial charge is 0.237 e. The molecule has 0 N–H and O–H groups in total. The SMILES string of the molecule is [O]CCCCn1cnnn1. The molecule has 1 heterocycles. The van der Waals surface area contributed by atoms with Gasteiger partial charge in [0.15, 0.2) is 0 Å². The smallest absolute Gasteiger partial charge is 0.138 e. The quantitative estimate of drug-likeness (QED) is 0.549. The van der Waals surface area contributed by atoms with E-state index in [2.05, 4.69) is 15.5 Å². The molecule has 0 aliphatic rings. The summed E-state index contributed by atoms with van der Waals surface area (Å²) in [6.07, 6.45) is 3.10. The molecule has 1 rings (SSSR count). The molecule has 0 aromatic carbocycles. The van der Waals surface area contributed by atoms with Crippen LogP contribution in [0.15, 0.2) is 6.33 Å². The lowest BCUT2D eigenvalue weighted by atomic mass is 10.3. The topological polar surface area (TPSA) is 63.5 Å². The molecule has 1 aromatic rings. The Morgan fingerprint density at radius 1 is 1.40 bits per heavy atom. The number of rotatable bonds is 4. The summed E-state index contributed by atoms with van der Waals surface area (Å²) in [6.45, 7) is 0.733. The molecule has 1 aromatic heterocycles. The number of nitrogens with zero attached hydrogens (tertiary/aromatic N) is 4. The van der Waals surface area contributed by atoms with E-state index in [0.29, 0.717) is 6.42 Å². The van der Waals surface area contributed by atoms with Crippen molar-refractivity contribution in [2.75, 3.05) is 6.61 Å². The molecule has 55 valence electrons. The molecule has 0 spiro atoms. The van der Waals surface area contributed by atoms with Crippen molar-refractivity contribution in [3.63, 3.8) is 0 Å². The Morgan fingerprint density at radius 3 is 2.90 bits per heavy atom. The maximum Gasteiger partial charge on any atom is 0.138 e. The van der Waals surface area contributed by atoms with Crippen LogP contribution in [0.1, 0.15) is 12.8 Å². The lowest BCUT2D eigenvalue weighted by Gasteiger charge is -1.94. The second-order valence-electron chi connectivity index (χ2n) is 1.98. The highest BCUT2D eigenvalue weighted by molar-refractivity contribution is 4.46. The number of aryl methyl sites for hydroxylation is 1.